The lowest BCUT2D eigenvalue weighted by Gasteiger charge is -2.17. The molecule has 0 unspecified atom stereocenters. The number of benzene rings is 3. The minimum absolute atomic E-state index is 0.0348. The van der Waals surface area contributed by atoms with Crippen LogP contribution in [0, 0.1) is 0 Å². The number of hydrazone groups is 1. The third-order valence-corrected chi connectivity index (χ3v) is 6.65. The number of anilines is 1. The van der Waals surface area contributed by atoms with Crippen LogP contribution in [0.25, 0.3) is 6.08 Å². The Morgan fingerprint density at radius 1 is 1.03 bits per heavy atom. The Morgan fingerprint density at radius 2 is 1.69 bits per heavy atom. The Bertz CT molecular complexity index is 1450. The second-order valence-electron chi connectivity index (χ2n) is 7.98. The molecule has 36 heavy (non-hydrogen) atoms. The summed E-state index contributed by atoms with van der Waals surface area (Å²) in [6.07, 6.45) is 3.69. The zero-order valence-electron chi connectivity index (χ0n) is 20.0. The fourth-order valence-corrected chi connectivity index (χ4v) is 4.77. The van der Waals surface area contributed by atoms with Crippen LogP contribution in [0.3, 0.4) is 0 Å². The van der Waals surface area contributed by atoms with Gasteiger partial charge in [0, 0.05) is 5.56 Å². The molecular weight excluding hydrogens is 476 g/mol. The van der Waals surface area contributed by atoms with Gasteiger partial charge in [0.2, 0.25) is 0 Å². The molecule has 0 N–H and O–H groups in total. The van der Waals surface area contributed by atoms with Crippen molar-refractivity contribution in [3.8, 4) is 11.5 Å². The van der Waals surface area contributed by atoms with Crippen LogP contribution in [0.15, 0.2) is 101 Å². The largest absolute Gasteiger partial charge is 0.490 e. The molecule has 0 bridgehead atoms. The number of amides is 1. The van der Waals surface area contributed by atoms with Crippen molar-refractivity contribution >= 4 is 33.5 Å². The van der Waals surface area contributed by atoms with E-state index < -0.39 is 10.1 Å². The molecule has 1 aliphatic rings. The van der Waals surface area contributed by atoms with E-state index in [-0.39, 0.29) is 28.9 Å². The summed E-state index contributed by atoms with van der Waals surface area (Å²) in [6.45, 7) is 7.64. The van der Waals surface area contributed by atoms with Crippen LogP contribution in [0.1, 0.15) is 25.0 Å². The smallest absolute Gasteiger partial charge is 0.339 e. The van der Waals surface area contributed by atoms with Crippen LogP contribution < -0.4 is 13.9 Å². The maximum atomic E-state index is 13.1. The third-order valence-electron chi connectivity index (χ3n) is 5.42. The lowest BCUT2D eigenvalue weighted by Crippen LogP contribution is -2.21. The van der Waals surface area contributed by atoms with Crippen molar-refractivity contribution in [2.24, 2.45) is 5.10 Å². The van der Waals surface area contributed by atoms with Crippen LogP contribution in [-0.4, -0.2) is 26.6 Å². The van der Waals surface area contributed by atoms with Gasteiger partial charge in [0.15, 0.2) is 11.5 Å². The van der Waals surface area contributed by atoms with Gasteiger partial charge in [0.1, 0.15) is 4.90 Å². The first kappa shape index (κ1) is 24.9. The standard InChI is InChI=1S/C28H26N2O5S/c1-4-12-22-17-21(18-25-20(3)29-30(28(25)31)23-13-8-6-9-14-23)19-26(34-5-2)27(22)35-36(32,33)24-15-10-7-11-16-24/h4,6-11,13-19H,1,5,12H2,2-3H3/b25-18+. The van der Waals surface area contributed by atoms with Crippen LogP contribution >= 0.6 is 0 Å². The Labute approximate surface area is 211 Å². The van der Waals surface area contributed by atoms with Crippen molar-refractivity contribution < 1.29 is 22.1 Å². The predicted octanol–water partition coefficient (Wildman–Crippen LogP) is 5.39. The van der Waals surface area contributed by atoms with E-state index in [4.69, 9.17) is 8.92 Å². The Balaban J connectivity index is 1.75. The Morgan fingerprint density at radius 3 is 2.33 bits per heavy atom. The van der Waals surface area contributed by atoms with Crippen LogP contribution in [0.4, 0.5) is 5.69 Å². The van der Waals surface area contributed by atoms with Gasteiger partial charge in [0.05, 0.1) is 23.6 Å². The van der Waals surface area contributed by atoms with E-state index in [0.717, 1.165) is 0 Å². The number of hydrogen-bond acceptors (Lipinski definition) is 6. The van der Waals surface area contributed by atoms with Gasteiger partial charge >= 0.3 is 10.1 Å². The maximum Gasteiger partial charge on any atom is 0.339 e. The third kappa shape index (κ3) is 5.23. The number of para-hydroxylation sites is 1. The van der Waals surface area contributed by atoms with Gasteiger partial charge in [-0.3, -0.25) is 4.79 Å². The summed E-state index contributed by atoms with van der Waals surface area (Å²) in [5.74, 6) is 0.0916. The van der Waals surface area contributed by atoms with E-state index in [1.807, 2.05) is 30.3 Å². The van der Waals surface area contributed by atoms with Crippen LogP contribution in [-0.2, 0) is 21.3 Å². The lowest BCUT2D eigenvalue weighted by molar-refractivity contribution is -0.114. The first-order chi connectivity index (χ1) is 17.3. The van der Waals surface area contributed by atoms with Crippen LogP contribution in [0.5, 0.6) is 11.5 Å². The fraction of sp³-hybridized carbons (Fsp3) is 0.143. The molecule has 0 saturated heterocycles. The highest BCUT2D eigenvalue weighted by Crippen LogP contribution is 2.37. The average Bonchev–Trinajstić information content (AvgIpc) is 3.16. The molecule has 0 atom stereocenters. The number of ether oxygens (including phenoxy) is 1. The van der Waals surface area contributed by atoms with Gasteiger partial charge in [-0.25, -0.2) is 0 Å². The molecule has 0 saturated carbocycles. The second-order valence-corrected chi connectivity index (χ2v) is 9.53. The summed E-state index contributed by atoms with van der Waals surface area (Å²) in [6, 6.07) is 20.5. The number of carbonyl (C=O) groups excluding carboxylic acids is 1. The van der Waals surface area contributed by atoms with Gasteiger partial charge in [0.25, 0.3) is 5.91 Å². The van der Waals surface area contributed by atoms with Gasteiger partial charge < -0.3 is 8.92 Å². The molecule has 184 valence electrons. The van der Waals surface area contributed by atoms with E-state index >= 15 is 0 Å². The zero-order chi connectivity index (χ0) is 25.7. The van der Waals surface area contributed by atoms with Crippen molar-refractivity contribution in [2.75, 3.05) is 11.6 Å². The monoisotopic (exact) mass is 502 g/mol. The SMILES string of the molecule is C=CCc1cc(/C=C2/C(=O)N(c3ccccc3)N=C2C)cc(OCC)c1OS(=O)(=O)c1ccccc1. The summed E-state index contributed by atoms with van der Waals surface area (Å²) in [7, 11) is -4.10. The molecular formula is C28H26N2O5S. The first-order valence-corrected chi connectivity index (χ1v) is 12.8. The summed E-state index contributed by atoms with van der Waals surface area (Å²) >= 11 is 0. The molecule has 0 fully saturated rings. The number of nitrogens with zero attached hydrogens (tertiary/aromatic N) is 2. The average molecular weight is 503 g/mol. The molecule has 1 heterocycles. The quantitative estimate of drug-likeness (QED) is 0.223. The Hall–Kier alpha value is -4.17. The van der Waals surface area contributed by atoms with Gasteiger partial charge in [-0.05, 0) is 68.3 Å². The van der Waals surface area contributed by atoms with Gasteiger partial charge in [-0.15, -0.1) is 6.58 Å². The number of rotatable bonds is 9. The van der Waals surface area contributed by atoms with Gasteiger partial charge in [-0.1, -0.05) is 42.5 Å². The summed E-state index contributed by atoms with van der Waals surface area (Å²) < 4.78 is 37.3. The van der Waals surface area contributed by atoms with E-state index in [9.17, 15) is 13.2 Å². The van der Waals surface area contributed by atoms with Crippen molar-refractivity contribution in [3.63, 3.8) is 0 Å². The maximum absolute atomic E-state index is 13.1. The summed E-state index contributed by atoms with van der Waals surface area (Å²) in [5, 5.41) is 5.78. The van der Waals surface area contributed by atoms with Crippen molar-refractivity contribution in [2.45, 2.75) is 25.2 Å². The summed E-state index contributed by atoms with van der Waals surface area (Å²) in [4.78, 5) is 13.2. The molecule has 3 aromatic rings. The van der Waals surface area contributed by atoms with Crippen molar-refractivity contribution in [3.05, 3.63) is 102 Å². The molecule has 4 rings (SSSR count). The highest BCUT2D eigenvalue weighted by atomic mass is 32.2. The molecule has 3 aromatic carbocycles. The first-order valence-electron chi connectivity index (χ1n) is 11.4. The highest BCUT2D eigenvalue weighted by molar-refractivity contribution is 7.87. The molecule has 1 amide bonds. The highest BCUT2D eigenvalue weighted by Gasteiger charge is 2.29. The van der Waals surface area contributed by atoms with Gasteiger partial charge in [-0.2, -0.15) is 18.5 Å². The minimum atomic E-state index is -4.10. The van der Waals surface area contributed by atoms with E-state index in [0.29, 0.717) is 34.5 Å². The molecule has 7 nitrogen and oxygen atoms in total. The number of allylic oxidation sites excluding steroid dienone is 1. The normalized spacial score (nSPS) is 14.6. The number of carbonyl (C=O) groups is 1. The summed E-state index contributed by atoms with van der Waals surface area (Å²) in [5.41, 5.74) is 2.87. The topological polar surface area (TPSA) is 85.3 Å². The van der Waals surface area contributed by atoms with E-state index in [1.165, 1.54) is 17.1 Å². The predicted molar refractivity (Wildman–Crippen MR) is 141 cm³/mol. The molecule has 0 aromatic heterocycles. The molecule has 1 aliphatic heterocycles. The van der Waals surface area contributed by atoms with E-state index in [2.05, 4.69) is 11.7 Å². The molecule has 0 aliphatic carbocycles. The molecule has 0 spiro atoms. The molecule has 8 heteroatoms. The van der Waals surface area contributed by atoms with Crippen LogP contribution in [0.2, 0.25) is 0 Å². The number of hydrogen-bond donors (Lipinski definition) is 0. The zero-order valence-corrected chi connectivity index (χ0v) is 20.9. The second kappa shape index (κ2) is 10.6. The minimum Gasteiger partial charge on any atom is -0.490 e. The lowest BCUT2D eigenvalue weighted by atomic mass is 10.0. The Kier molecular flexibility index (Phi) is 7.36. The fourth-order valence-electron chi connectivity index (χ4n) is 3.77. The van der Waals surface area contributed by atoms with E-state index in [1.54, 1.807) is 56.3 Å². The van der Waals surface area contributed by atoms with Crippen molar-refractivity contribution in [1.82, 2.24) is 0 Å². The van der Waals surface area contributed by atoms with Crippen molar-refractivity contribution in [1.29, 1.82) is 0 Å². The molecule has 0 radical (unpaired) electrons.